The molecule has 1 spiro atoms. The van der Waals surface area contributed by atoms with Crippen LogP contribution in [0.5, 0.6) is 0 Å². The summed E-state index contributed by atoms with van der Waals surface area (Å²) in [4.78, 5) is 21.0. The summed E-state index contributed by atoms with van der Waals surface area (Å²) in [7, 11) is 0. The average Bonchev–Trinajstić information content (AvgIpc) is 3.23. The van der Waals surface area contributed by atoms with Crippen LogP contribution in [0.3, 0.4) is 0 Å². The largest absolute Gasteiger partial charge is 0.372 e. The molecule has 138 valence electrons. The van der Waals surface area contributed by atoms with Crippen LogP contribution >= 0.6 is 11.3 Å². The number of amides is 1. The summed E-state index contributed by atoms with van der Waals surface area (Å²) in [6.45, 7) is 7.55. The van der Waals surface area contributed by atoms with E-state index in [4.69, 9.17) is 9.47 Å². The van der Waals surface area contributed by atoms with E-state index >= 15 is 0 Å². The molecule has 1 atom stereocenters. The number of hydrogen-bond donors (Lipinski definition) is 0. The number of likely N-dealkylation sites (tertiary alicyclic amines) is 2. The molecule has 0 N–H and O–H groups in total. The molecule has 6 nitrogen and oxygen atoms in total. The first-order valence-electron chi connectivity index (χ1n) is 9.29. The first kappa shape index (κ1) is 17.4. The number of aromatic nitrogens is 1. The molecule has 25 heavy (non-hydrogen) atoms. The lowest BCUT2D eigenvalue weighted by atomic mass is 9.85. The summed E-state index contributed by atoms with van der Waals surface area (Å²) in [5.41, 5.74) is 1.02. The first-order chi connectivity index (χ1) is 12.1. The van der Waals surface area contributed by atoms with E-state index < -0.39 is 0 Å². The van der Waals surface area contributed by atoms with E-state index in [0.29, 0.717) is 0 Å². The third kappa shape index (κ3) is 4.05. The summed E-state index contributed by atoms with van der Waals surface area (Å²) in [5, 5.41) is 3.27. The van der Waals surface area contributed by atoms with E-state index in [1.807, 2.05) is 11.8 Å². The number of carbonyl (C=O) groups excluding carboxylic acids is 1. The van der Waals surface area contributed by atoms with Crippen LogP contribution in [-0.4, -0.2) is 71.8 Å². The number of carbonyl (C=O) groups is 1. The standard InChI is InChI=1S/C18H27N3O3S/c1-14-11-25-16(19-14)9-20-12-18(13-20)8-15(4-7-24-18)23-10-17(22)21-5-2-3-6-21/h11,15H,2-10,12-13H2,1H3. The van der Waals surface area contributed by atoms with Crippen LogP contribution in [0.1, 0.15) is 36.4 Å². The lowest BCUT2D eigenvalue weighted by molar-refractivity contribution is -0.200. The van der Waals surface area contributed by atoms with Gasteiger partial charge in [0.15, 0.2) is 0 Å². The first-order valence-corrected chi connectivity index (χ1v) is 10.2. The maximum atomic E-state index is 12.1. The van der Waals surface area contributed by atoms with Crippen LogP contribution < -0.4 is 0 Å². The van der Waals surface area contributed by atoms with Crippen LogP contribution in [-0.2, 0) is 20.8 Å². The second-order valence-electron chi connectivity index (χ2n) is 7.57. The van der Waals surface area contributed by atoms with E-state index in [1.165, 1.54) is 5.01 Å². The lowest BCUT2D eigenvalue weighted by Crippen LogP contribution is -2.65. The van der Waals surface area contributed by atoms with Gasteiger partial charge < -0.3 is 14.4 Å². The normalized spacial score (nSPS) is 26.1. The van der Waals surface area contributed by atoms with Crippen molar-refractivity contribution in [1.29, 1.82) is 0 Å². The molecule has 3 fully saturated rings. The van der Waals surface area contributed by atoms with Gasteiger partial charge in [-0.25, -0.2) is 4.98 Å². The van der Waals surface area contributed by atoms with Gasteiger partial charge in [-0.15, -0.1) is 11.3 Å². The van der Waals surface area contributed by atoms with Gasteiger partial charge >= 0.3 is 0 Å². The monoisotopic (exact) mass is 365 g/mol. The molecular weight excluding hydrogens is 338 g/mol. The molecule has 1 unspecified atom stereocenters. The molecular formula is C18H27N3O3S. The Balaban J connectivity index is 1.22. The third-order valence-corrected chi connectivity index (χ3v) is 6.35. The van der Waals surface area contributed by atoms with Crippen LogP contribution in [0.2, 0.25) is 0 Å². The molecule has 4 rings (SSSR count). The molecule has 3 aliphatic heterocycles. The van der Waals surface area contributed by atoms with Crippen molar-refractivity contribution in [3.8, 4) is 0 Å². The van der Waals surface area contributed by atoms with Crippen LogP contribution in [0, 0.1) is 6.92 Å². The Morgan fingerprint density at radius 3 is 2.96 bits per heavy atom. The fourth-order valence-corrected chi connectivity index (χ4v) is 4.95. The number of rotatable bonds is 5. The summed E-state index contributed by atoms with van der Waals surface area (Å²) in [6.07, 6.45) is 4.18. The zero-order chi connectivity index (χ0) is 17.3. The Morgan fingerprint density at radius 2 is 2.24 bits per heavy atom. The Kier molecular flexibility index (Phi) is 5.08. The lowest BCUT2D eigenvalue weighted by Gasteiger charge is -2.53. The number of ether oxygens (including phenoxy) is 2. The van der Waals surface area contributed by atoms with Crippen LogP contribution in [0.15, 0.2) is 5.38 Å². The topological polar surface area (TPSA) is 54.9 Å². The van der Waals surface area contributed by atoms with Gasteiger partial charge in [0, 0.05) is 50.3 Å². The summed E-state index contributed by atoms with van der Waals surface area (Å²) >= 11 is 1.73. The summed E-state index contributed by atoms with van der Waals surface area (Å²) < 4.78 is 12.0. The van der Waals surface area contributed by atoms with Crippen molar-refractivity contribution in [3.05, 3.63) is 16.1 Å². The zero-order valence-corrected chi connectivity index (χ0v) is 15.7. The highest BCUT2D eigenvalue weighted by atomic mass is 32.1. The molecule has 3 aliphatic rings. The van der Waals surface area contributed by atoms with E-state index in [-0.39, 0.29) is 24.2 Å². The molecule has 0 bridgehead atoms. The van der Waals surface area contributed by atoms with Gasteiger partial charge in [0.1, 0.15) is 11.6 Å². The minimum atomic E-state index is -0.0775. The fourth-order valence-electron chi connectivity index (χ4n) is 4.14. The van der Waals surface area contributed by atoms with Crippen molar-refractivity contribution in [2.24, 2.45) is 0 Å². The van der Waals surface area contributed by atoms with E-state index in [9.17, 15) is 4.79 Å². The Hall–Kier alpha value is -1.02. The highest BCUT2D eigenvalue weighted by molar-refractivity contribution is 7.09. The molecule has 0 aliphatic carbocycles. The average molecular weight is 365 g/mol. The molecule has 1 amide bonds. The quantitative estimate of drug-likeness (QED) is 0.797. The molecule has 0 radical (unpaired) electrons. The Bertz CT molecular complexity index is 608. The molecule has 0 saturated carbocycles. The highest BCUT2D eigenvalue weighted by Gasteiger charge is 2.47. The fraction of sp³-hybridized carbons (Fsp3) is 0.778. The van der Waals surface area contributed by atoms with Gasteiger partial charge in [-0.05, 0) is 26.2 Å². The minimum Gasteiger partial charge on any atom is -0.372 e. The van der Waals surface area contributed by atoms with E-state index in [2.05, 4.69) is 15.3 Å². The van der Waals surface area contributed by atoms with Crippen molar-refractivity contribution < 1.29 is 14.3 Å². The second kappa shape index (κ2) is 7.31. The Labute approximate surface area is 153 Å². The third-order valence-electron chi connectivity index (χ3n) is 5.40. The van der Waals surface area contributed by atoms with Gasteiger partial charge in [-0.2, -0.15) is 0 Å². The van der Waals surface area contributed by atoms with Crippen molar-refractivity contribution in [1.82, 2.24) is 14.8 Å². The van der Waals surface area contributed by atoms with Gasteiger partial charge in [0.05, 0.1) is 18.2 Å². The summed E-state index contributed by atoms with van der Waals surface area (Å²) in [5.74, 6) is 0.146. The zero-order valence-electron chi connectivity index (χ0n) is 14.9. The van der Waals surface area contributed by atoms with E-state index in [0.717, 1.165) is 70.7 Å². The van der Waals surface area contributed by atoms with E-state index in [1.54, 1.807) is 11.3 Å². The molecule has 1 aromatic heterocycles. The highest BCUT2D eigenvalue weighted by Crippen LogP contribution is 2.36. The SMILES string of the molecule is Cc1csc(CN2CC3(CC(OCC(=O)N4CCCC4)CCO3)C2)n1. The summed E-state index contributed by atoms with van der Waals surface area (Å²) in [6, 6.07) is 0. The molecule has 4 heterocycles. The molecule has 0 aromatic carbocycles. The van der Waals surface area contributed by atoms with Crippen molar-refractivity contribution >= 4 is 17.2 Å². The van der Waals surface area contributed by atoms with Crippen LogP contribution in [0.4, 0.5) is 0 Å². The maximum absolute atomic E-state index is 12.1. The second-order valence-corrected chi connectivity index (χ2v) is 8.52. The predicted molar refractivity (Wildman–Crippen MR) is 95.6 cm³/mol. The number of thiazole rings is 1. The minimum absolute atomic E-state index is 0.0775. The predicted octanol–water partition coefficient (Wildman–Crippen LogP) is 1.82. The van der Waals surface area contributed by atoms with Crippen molar-refractivity contribution in [2.45, 2.75) is 50.9 Å². The smallest absolute Gasteiger partial charge is 0.248 e. The Morgan fingerprint density at radius 1 is 1.44 bits per heavy atom. The van der Waals surface area contributed by atoms with Crippen molar-refractivity contribution in [3.63, 3.8) is 0 Å². The van der Waals surface area contributed by atoms with Crippen molar-refractivity contribution in [2.75, 3.05) is 39.4 Å². The molecule has 7 heteroatoms. The van der Waals surface area contributed by atoms with Gasteiger partial charge in [0.25, 0.3) is 0 Å². The molecule has 3 saturated heterocycles. The number of hydrogen-bond acceptors (Lipinski definition) is 6. The van der Waals surface area contributed by atoms with Gasteiger partial charge in [-0.1, -0.05) is 0 Å². The maximum Gasteiger partial charge on any atom is 0.248 e. The van der Waals surface area contributed by atoms with Crippen LogP contribution in [0.25, 0.3) is 0 Å². The van der Waals surface area contributed by atoms with Gasteiger partial charge in [0.2, 0.25) is 5.91 Å². The number of aryl methyl sites for hydroxylation is 1. The number of nitrogens with zero attached hydrogens (tertiary/aromatic N) is 3. The van der Waals surface area contributed by atoms with Gasteiger partial charge in [-0.3, -0.25) is 9.69 Å². The molecule has 1 aromatic rings.